The van der Waals surface area contributed by atoms with Crippen LogP contribution < -0.4 is 0 Å². The molecule has 0 spiro atoms. The minimum Gasteiger partial charge on any atom is -0.380 e. The maximum atomic E-state index is 8.52. The third-order valence-electron chi connectivity index (χ3n) is 9.88. The van der Waals surface area contributed by atoms with Crippen LogP contribution in [-0.2, 0) is 73.7 Å². The van der Waals surface area contributed by atoms with Gasteiger partial charge in [0.1, 0.15) is 0 Å². The molecule has 3 atom stereocenters. The van der Waals surface area contributed by atoms with Crippen molar-refractivity contribution in [2.75, 3.05) is 59.3 Å². The summed E-state index contributed by atoms with van der Waals surface area (Å²) < 4.78 is 25.2. The first-order chi connectivity index (χ1) is 26.4. The van der Waals surface area contributed by atoms with E-state index in [-0.39, 0.29) is 55.2 Å². The van der Waals surface area contributed by atoms with Gasteiger partial charge in [-0.3, -0.25) is 0 Å². The van der Waals surface area contributed by atoms with Gasteiger partial charge in [0, 0.05) is 45.0 Å². The van der Waals surface area contributed by atoms with Gasteiger partial charge in [0.25, 0.3) is 8.53 Å². The van der Waals surface area contributed by atoms with Crippen LogP contribution in [0.3, 0.4) is 0 Å². The van der Waals surface area contributed by atoms with Gasteiger partial charge in [-0.25, -0.2) is 4.67 Å². The fourth-order valence-electron chi connectivity index (χ4n) is 6.95. The van der Waals surface area contributed by atoms with Crippen LogP contribution >= 0.6 is 8.53 Å². The van der Waals surface area contributed by atoms with Gasteiger partial charge in [-0.1, -0.05) is 77.6 Å². The Bertz CT molecular complexity index is 737. The zero-order valence-corrected chi connectivity index (χ0v) is 43.6. The average Bonchev–Trinajstić information content (AvgIpc) is 4.03. The van der Waals surface area contributed by atoms with Crippen LogP contribution in [0.5, 0.6) is 0 Å². The normalized spacial score (nSPS) is 18.7. The van der Waals surface area contributed by atoms with E-state index in [2.05, 4.69) is 82.9 Å². The number of nitriles is 1. The summed E-state index contributed by atoms with van der Waals surface area (Å²) in [6.07, 6.45) is 35.3. The summed E-state index contributed by atoms with van der Waals surface area (Å²) >= 11 is 0. The Balaban J connectivity index is -0.000000377. The molecule has 4 fully saturated rings. The molecule has 0 saturated heterocycles. The van der Waals surface area contributed by atoms with Gasteiger partial charge in [0.2, 0.25) is 0 Å². The van der Waals surface area contributed by atoms with Crippen molar-refractivity contribution in [2.45, 2.75) is 182 Å². The first kappa shape index (κ1) is 65.0. The van der Waals surface area contributed by atoms with Crippen LogP contribution in [0, 0.1) is 62.7 Å². The van der Waals surface area contributed by atoms with E-state index in [9.17, 15) is 0 Å². The molecule has 338 valence electrons. The summed E-state index contributed by atoms with van der Waals surface area (Å²) in [5.74, 6) is 1.80. The summed E-state index contributed by atoms with van der Waals surface area (Å²) in [5.41, 5.74) is 0. The SMILES string of the molecule is CC.[CH-]1CCCC1.[CH-]1CCCC1.[CH2-]CCOP(OCCC#N)N(C(C)C)C(C)C.[CH2-]CN(CCOCCCC1[CH-]CCC1)CCOCCCC1C[CH-]CC1.[Fe+2].[Fe+2].[W+2]. The van der Waals surface area contributed by atoms with Crippen molar-refractivity contribution >= 4 is 8.53 Å². The standard InChI is InChI=1S/C22H40NO2.C12H24N2O2P.2C5H9.C2H6.2Fe.W/c1-2-23(15-19-24-17-7-13-21-9-3-4-10-21)16-20-25-18-8-14-22-11-5-6-12-22;1-6-9-15-17(16-10-7-8-13)14(11(2)3)12(4)5;2*1-2-4-5-3-1;1-2;;;/h3,11,21-22H,1-2,4-10,12-20H2;11-12H,1,6-7,9-10H2,2-5H3;2*1H,2-5H2;1-2H3;;;/q-3;3*-1;;3*+2. The Morgan fingerprint density at radius 2 is 1.25 bits per heavy atom. The van der Waals surface area contributed by atoms with Gasteiger partial charge in [-0.2, -0.15) is 62.5 Å². The van der Waals surface area contributed by atoms with E-state index >= 15 is 0 Å². The first-order valence-corrected chi connectivity index (χ1v) is 23.5. The summed E-state index contributed by atoms with van der Waals surface area (Å²) in [5, 5.41) is 8.52. The van der Waals surface area contributed by atoms with Crippen molar-refractivity contribution < 1.29 is 73.7 Å². The molecule has 3 unspecified atom stereocenters. The van der Waals surface area contributed by atoms with Gasteiger partial charge < -0.3 is 63.0 Å². The second kappa shape index (κ2) is 50.1. The first-order valence-electron chi connectivity index (χ1n) is 22.4. The molecule has 4 aliphatic rings. The molecule has 0 radical (unpaired) electrons. The van der Waals surface area contributed by atoms with Gasteiger partial charge >= 0.3 is 55.2 Å². The Morgan fingerprint density at radius 3 is 1.65 bits per heavy atom. The summed E-state index contributed by atoms with van der Waals surface area (Å²) in [6, 6.07) is 2.78. The van der Waals surface area contributed by atoms with Gasteiger partial charge in [0.15, 0.2) is 0 Å². The molecule has 0 amide bonds. The number of ether oxygens (including phenoxy) is 2. The van der Waals surface area contributed by atoms with Crippen molar-refractivity contribution in [1.82, 2.24) is 9.57 Å². The third-order valence-corrected chi connectivity index (χ3v) is 12.0. The van der Waals surface area contributed by atoms with Gasteiger partial charge in [-0.15, -0.1) is 6.54 Å². The van der Waals surface area contributed by atoms with E-state index in [1.165, 1.54) is 116 Å². The molecule has 0 aliphatic heterocycles. The molecule has 0 bridgehead atoms. The van der Waals surface area contributed by atoms with E-state index in [4.69, 9.17) is 23.8 Å². The fraction of sp³-hybridized carbons (Fsp3) is 0.848. The maximum Gasteiger partial charge on any atom is 2.00 e. The monoisotopic (exact) mass is 1070 g/mol. The summed E-state index contributed by atoms with van der Waals surface area (Å²) in [4.78, 5) is 2.33. The molecule has 4 rings (SSSR count). The number of hydrogen-bond acceptors (Lipinski definition) is 7. The molecule has 4 saturated carbocycles. The van der Waals surface area contributed by atoms with Crippen molar-refractivity contribution in [3.63, 3.8) is 0 Å². The zero-order valence-electron chi connectivity index (χ0n) is 37.6. The topological polar surface area (TPSA) is 67.2 Å². The number of rotatable bonds is 24. The Morgan fingerprint density at radius 1 is 0.702 bits per heavy atom. The molecular weight excluding hydrogens is 985 g/mol. The average molecular weight is 1070 g/mol. The minimum atomic E-state index is -1.08. The third kappa shape index (κ3) is 40.0. The molecular formula is C46H88Fe2N3O4PW. The minimum absolute atomic E-state index is 0. The predicted octanol–water partition coefficient (Wildman–Crippen LogP) is 12.8. The molecule has 0 N–H and O–H groups in total. The fourth-order valence-corrected chi connectivity index (χ4v) is 8.58. The van der Waals surface area contributed by atoms with Gasteiger partial charge in [-0.05, 0) is 40.5 Å². The molecule has 57 heavy (non-hydrogen) atoms. The molecule has 11 heteroatoms. The van der Waals surface area contributed by atoms with Gasteiger partial charge in [0.05, 0.1) is 32.3 Å². The van der Waals surface area contributed by atoms with E-state index in [1.807, 2.05) is 13.8 Å². The van der Waals surface area contributed by atoms with Crippen LogP contribution in [0.15, 0.2) is 0 Å². The second-order valence-electron chi connectivity index (χ2n) is 15.1. The predicted molar refractivity (Wildman–Crippen MR) is 233 cm³/mol. The molecule has 0 aromatic heterocycles. The zero-order chi connectivity index (χ0) is 39.9. The van der Waals surface area contributed by atoms with Crippen molar-refractivity contribution in [1.29, 1.82) is 5.26 Å². The summed E-state index contributed by atoms with van der Waals surface area (Å²) in [7, 11) is -1.08. The molecule has 7 nitrogen and oxygen atoms in total. The number of nitrogens with zero attached hydrogens (tertiary/aromatic N) is 3. The Hall–Kier alpha value is 1.41. The number of hydrogen-bond donors (Lipinski definition) is 0. The van der Waals surface area contributed by atoms with Crippen molar-refractivity contribution in [3.05, 3.63) is 39.5 Å². The van der Waals surface area contributed by atoms with Crippen LogP contribution in [0.25, 0.3) is 0 Å². The van der Waals surface area contributed by atoms with Crippen LogP contribution in [-0.4, -0.2) is 80.9 Å². The molecule has 0 aromatic rings. The maximum absolute atomic E-state index is 8.52. The van der Waals surface area contributed by atoms with Crippen molar-refractivity contribution in [3.8, 4) is 6.07 Å². The van der Waals surface area contributed by atoms with E-state index in [0.29, 0.717) is 31.7 Å². The van der Waals surface area contributed by atoms with E-state index < -0.39 is 8.53 Å². The Kier molecular flexibility index (Phi) is 57.1. The van der Waals surface area contributed by atoms with Crippen LogP contribution in [0.4, 0.5) is 0 Å². The molecule has 0 heterocycles. The van der Waals surface area contributed by atoms with Crippen LogP contribution in [0.2, 0.25) is 0 Å². The smallest absolute Gasteiger partial charge is 0.380 e. The summed E-state index contributed by atoms with van der Waals surface area (Å²) in [6.45, 7) is 27.5. The van der Waals surface area contributed by atoms with Crippen molar-refractivity contribution in [2.24, 2.45) is 11.8 Å². The Labute approximate surface area is 393 Å². The molecule has 0 aromatic carbocycles. The second-order valence-corrected chi connectivity index (χ2v) is 16.6. The largest absolute Gasteiger partial charge is 2.00 e. The molecule has 4 aliphatic carbocycles. The van der Waals surface area contributed by atoms with E-state index in [1.54, 1.807) is 0 Å². The van der Waals surface area contributed by atoms with Crippen LogP contribution in [0.1, 0.15) is 170 Å². The quantitative estimate of drug-likeness (QED) is 0.0413. The van der Waals surface area contributed by atoms with E-state index in [0.717, 1.165) is 64.3 Å².